The van der Waals surface area contributed by atoms with Crippen LogP contribution in [0.1, 0.15) is 13.3 Å². The molecule has 1 radical (unpaired) electrons. The van der Waals surface area contributed by atoms with Crippen LogP contribution in [0.25, 0.3) is 0 Å². The summed E-state index contributed by atoms with van der Waals surface area (Å²) < 4.78 is 9.97. The maximum Gasteiger partial charge on any atom is 0.259 e. The van der Waals surface area contributed by atoms with Gasteiger partial charge in [0.05, 0.1) is 13.2 Å². The predicted molar refractivity (Wildman–Crippen MR) is 35.2 cm³/mol. The van der Waals surface area contributed by atoms with Crippen LogP contribution in [0.15, 0.2) is 0 Å². The van der Waals surface area contributed by atoms with Crippen LogP contribution in [0.3, 0.4) is 0 Å². The van der Waals surface area contributed by atoms with Gasteiger partial charge in [-0.1, -0.05) is 6.92 Å². The SMILES string of the molecule is CCC1COC([C]=O)OC1. The van der Waals surface area contributed by atoms with Gasteiger partial charge in [-0.3, -0.25) is 4.79 Å². The van der Waals surface area contributed by atoms with Gasteiger partial charge in [0.2, 0.25) is 6.29 Å². The zero-order valence-corrected chi connectivity index (χ0v) is 6.00. The van der Waals surface area contributed by atoms with Crippen molar-refractivity contribution in [1.82, 2.24) is 0 Å². The van der Waals surface area contributed by atoms with Gasteiger partial charge in [0.15, 0.2) is 0 Å². The molecule has 0 aromatic heterocycles. The molecule has 0 unspecified atom stereocenters. The first-order valence-corrected chi connectivity index (χ1v) is 3.47. The lowest BCUT2D eigenvalue weighted by molar-refractivity contribution is -0.163. The van der Waals surface area contributed by atoms with Gasteiger partial charge >= 0.3 is 0 Å². The lowest BCUT2D eigenvalue weighted by atomic mass is 10.1. The number of carbonyl (C=O) groups excluding carboxylic acids is 1. The number of rotatable bonds is 2. The Morgan fingerprint density at radius 2 is 2.10 bits per heavy atom. The minimum absolute atomic E-state index is 0.449. The molecular formula is C7H11O3. The van der Waals surface area contributed by atoms with Gasteiger partial charge in [-0.25, -0.2) is 0 Å². The normalized spacial score (nSPS) is 33.7. The summed E-state index contributed by atoms with van der Waals surface area (Å²) >= 11 is 0. The first-order chi connectivity index (χ1) is 4.86. The van der Waals surface area contributed by atoms with E-state index in [1.807, 2.05) is 0 Å². The smallest absolute Gasteiger partial charge is 0.259 e. The molecule has 57 valence electrons. The van der Waals surface area contributed by atoms with Crippen molar-refractivity contribution in [3.8, 4) is 0 Å². The van der Waals surface area contributed by atoms with E-state index in [1.165, 1.54) is 0 Å². The van der Waals surface area contributed by atoms with Crippen LogP contribution in [0.5, 0.6) is 0 Å². The lowest BCUT2D eigenvalue weighted by Gasteiger charge is -2.24. The maximum atomic E-state index is 9.98. The van der Waals surface area contributed by atoms with E-state index < -0.39 is 6.29 Å². The van der Waals surface area contributed by atoms with Crippen LogP contribution < -0.4 is 0 Å². The van der Waals surface area contributed by atoms with Crippen molar-refractivity contribution in [2.75, 3.05) is 13.2 Å². The van der Waals surface area contributed by atoms with Crippen LogP contribution in [-0.2, 0) is 14.3 Å². The van der Waals surface area contributed by atoms with E-state index >= 15 is 0 Å². The van der Waals surface area contributed by atoms with Crippen molar-refractivity contribution in [2.24, 2.45) is 5.92 Å². The Kier molecular flexibility index (Phi) is 2.83. The van der Waals surface area contributed by atoms with Crippen LogP contribution in [0.2, 0.25) is 0 Å². The maximum absolute atomic E-state index is 9.98. The zero-order valence-electron chi connectivity index (χ0n) is 6.00. The van der Waals surface area contributed by atoms with E-state index in [2.05, 4.69) is 6.92 Å². The average molecular weight is 143 g/mol. The van der Waals surface area contributed by atoms with Crippen molar-refractivity contribution >= 4 is 6.29 Å². The monoisotopic (exact) mass is 143 g/mol. The highest BCUT2D eigenvalue weighted by atomic mass is 16.7. The molecule has 1 aliphatic rings. The Morgan fingerprint density at radius 1 is 1.50 bits per heavy atom. The highest BCUT2D eigenvalue weighted by Gasteiger charge is 2.20. The number of hydrogen-bond acceptors (Lipinski definition) is 3. The molecule has 0 aromatic rings. The topological polar surface area (TPSA) is 35.5 Å². The Hall–Kier alpha value is -0.410. The fourth-order valence-electron chi connectivity index (χ4n) is 0.847. The molecule has 1 saturated heterocycles. The van der Waals surface area contributed by atoms with E-state index in [1.54, 1.807) is 6.29 Å². The molecule has 0 bridgehead atoms. The summed E-state index contributed by atoms with van der Waals surface area (Å²) in [6, 6.07) is 0. The largest absolute Gasteiger partial charge is 0.345 e. The Morgan fingerprint density at radius 3 is 2.50 bits per heavy atom. The van der Waals surface area contributed by atoms with E-state index in [-0.39, 0.29) is 0 Å². The highest BCUT2D eigenvalue weighted by molar-refractivity contribution is 5.54. The Labute approximate surface area is 60.3 Å². The Balaban J connectivity index is 2.23. The van der Waals surface area contributed by atoms with Crippen molar-refractivity contribution in [2.45, 2.75) is 19.6 Å². The van der Waals surface area contributed by atoms with Crippen molar-refractivity contribution in [1.29, 1.82) is 0 Å². The van der Waals surface area contributed by atoms with E-state index in [0.29, 0.717) is 19.1 Å². The quantitative estimate of drug-likeness (QED) is 0.564. The average Bonchev–Trinajstić information content (AvgIpc) is 2.05. The van der Waals surface area contributed by atoms with E-state index in [9.17, 15) is 4.79 Å². The van der Waals surface area contributed by atoms with Gasteiger partial charge in [-0.15, -0.1) is 0 Å². The second kappa shape index (κ2) is 3.68. The molecule has 0 aromatic carbocycles. The van der Waals surface area contributed by atoms with E-state index in [4.69, 9.17) is 9.47 Å². The third-order valence-electron chi connectivity index (χ3n) is 1.64. The first kappa shape index (κ1) is 7.69. The summed E-state index contributed by atoms with van der Waals surface area (Å²) in [6.07, 6.45) is 1.95. The van der Waals surface area contributed by atoms with Crippen molar-refractivity contribution in [3.63, 3.8) is 0 Å². The molecule has 0 N–H and O–H groups in total. The van der Waals surface area contributed by atoms with Gasteiger partial charge in [0.25, 0.3) is 6.29 Å². The minimum Gasteiger partial charge on any atom is -0.345 e. The first-order valence-electron chi connectivity index (χ1n) is 3.47. The Bertz CT molecular complexity index is 105. The molecule has 0 saturated carbocycles. The summed E-state index contributed by atoms with van der Waals surface area (Å²) in [5, 5.41) is 0. The lowest BCUT2D eigenvalue weighted by Crippen LogP contribution is -2.32. The second-order valence-corrected chi connectivity index (χ2v) is 2.39. The van der Waals surface area contributed by atoms with Crippen LogP contribution in [0, 0.1) is 5.92 Å². The minimum atomic E-state index is -0.734. The summed E-state index contributed by atoms with van der Waals surface area (Å²) in [4.78, 5) is 9.98. The molecule has 0 spiro atoms. The predicted octanol–water partition coefficient (Wildman–Crippen LogP) is 0.495. The third-order valence-corrected chi connectivity index (χ3v) is 1.64. The van der Waals surface area contributed by atoms with Gasteiger partial charge in [0.1, 0.15) is 0 Å². The number of hydrogen-bond donors (Lipinski definition) is 0. The molecule has 1 aliphatic heterocycles. The van der Waals surface area contributed by atoms with Gasteiger partial charge in [-0.05, 0) is 6.42 Å². The molecule has 3 nitrogen and oxygen atoms in total. The summed E-state index contributed by atoms with van der Waals surface area (Å²) in [7, 11) is 0. The van der Waals surface area contributed by atoms with E-state index in [0.717, 1.165) is 6.42 Å². The van der Waals surface area contributed by atoms with Gasteiger partial charge in [-0.2, -0.15) is 0 Å². The van der Waals surface area contributed by atoms with Crippen LogP contribution >= 0.6 is 0 Å². The molecule has 0 atom stereocenters. The molecule has 3 heteroatoms. The zero-order chi connectivity index (χ0) is 7.40. The molecule has 0 aliphatic carbocycles. The third kappa shape index (κ3) is 1.78. The molecule has 1 heterocycles. The standard InChI is InChI=1S/C7H11O3/c1-2-6-4-9-7(3-8)10-5-6/h6-7H,2,4-5H2,1H3. The van der Waals surface area contributed by atoms with Crippen LogP contribution in [0.4, 0.5) is 0 Å². The summed E-state index contributed by atoms with van der Waals surface area (Å²) in [6.45, 7) is 3.31. The second-order valence-electron chi connectivity index (χ2n) is 2.39. The molecular weight excluding hydrogens is 132 g/mol. The fraction of sp³-hybridized carbons (Fsp3) is 0.857. The fourth-order valence-corrected chi connectivity index (χ4v) is 0.847. The molecule has 1 fully saturated rings. The molecule has 10 heavy (non-hydrogen) atoms. The van der Waals surface area contributed by atoms with Crippen LogP contribution in [-0.4, -0.2) is 25.8 Å². The van der Waals surface area contributed by atoms with Gasteiger partial charge in [0, 0.05) is 5.92 Å². The summed E-state index contributed by atoms with van der Waals surface area (Å²) in [5.41, 5.74) is 0. The van der Waals surface area contributed by atoms with Crippen molar-refractivity contribution < 1.29 is 14.3 Å². The molecule has 0 amide bonds. The van der Waals surface area contributed by atoms with Gasteiger partial charge < -0.3 is 9.47 Å². The molecule has 1 rings (SSSR count). The highest BCUT2D eigenvalue weighted by Crippen LogP contribution is 2.12. The number of ether oxygens (including phenoxy) is 2. The van der Waals surface area contributed by atoms with Crippen molar-refractivity contribution in [3.05, 3.63) is 0 Å². The summed E-state index contributed by atoms with van der Waals surface area (Å²) in [5.74, 6) is 0.449.